The third-order valence-corrected chi connectivity index (χ3v) is 4.29. The van der Waals surface area contributed by atoms with E-state index in [1.165, 1.54) is 24.3 Å². The van der Waals surface area contributed by atoms with Crippen LogP contribution in [0.5, 0.6) is 10.9 Å². The Morgan fingerprint density at radius 3 is 2.50 bits per heavy atom. The first-order chi connectivity index (χ1) is 13.2. The van der Waals surface area contributed by atoms with Crippen LogP contribution in [0.4, 0.5) is 19.0 Å². The zero-order valence-corrected chi connectivity index (χ0v) is 14.4. The number of hydrogen-bond donors (Lipinski definition) is 2. The first-order valence-electron chi connectivity index (χ1n) is 7.29. The number of alkyl halides is 3. The molecule has 3 N–H and O–H groups in total. The van der Waals surface area contributed by atoms with Crippen molar-refractivity contribution in [2.75, 3.05) is 5.73 Å². The summed E-state index contributed by atoms with van der Waals surface area (Å²) in [5.74, 6) is -0.152. The minimum Gasteiger partial charge on any atom is -0.430 e. The van der Waals surface area contributed by atoms with Gasteiger partial charge >= 0.3 is 6.18 Å². The summed E-state index contributed by atoms with van der Waals surface area (Å²) in [7, 11) is 0. The van der Waals surface area contributed by atoms with E-state index in [1.54, 1.807) is 6.07 Å². The number of ether oxygens (including phenoxy) is 1. The van der Waals surface area contributed by atoms with Gasteiger partial charge in [0, 0.05) is 5.56 Å². The summed E-state index contributed by atoms with van der Waals surface area (Å²) in [6.45, 7) is 0. The number of aromatic nitrogens is 3. The number of nitriles is 2. The molecule has 0 amide bonds. The second-order valence-corrected chi connectivity index (χ2v) is 6.16. The van der Waals surface area contributed by atoms with Crippen LogP contribution < -0.4 is 16.0 Å². The Labute approximate surface area is 158 Å². The zero-order valence-electron chi connectivity index (χ0n) is 13.5. The van der Waals surface area contributed by atoms with E-state index in [0.717, 1.165) is 0 Å². The number of nitrogens with one attached hydrogen (secondary N) is 1. The lowest BCUT2D eigenvalue weighted by molar-refractivity contribution is -0.138. The van der Waals surface area contributed by atoms with Crippen molar-refractivity contribution in [3.63, 3.8) is 0 Å². The number of benzene rings is 1. The molecule has 8 nitrogen and oxygen atoms in total. The average molecular weight is 404 g/mol. The molecule has 140 valence electrons. The smallest absolute Gasteiger partial charge is 0.430 e. The lowest BCUT2D eigenvalue weighted by Crippen LogP contribution is -2.16. The normalized spacial score (nSPS) is 10.9. The molecule has 3 rings (SSSR count). The molecule has 0 atom stereocenters. The molecule has 1 aromatic carbocycles. The summed E-state index contributed by atoms with van der Waals surface area (Å²) in [4.78, 5) is 14.2. The molecule has 0 saturated heterocycles. The maximum absolute atomic E-state index is 12.6. The standard InChI is InChI=1S/C16H7F3N6O2S/c17-16(18,19)14-24-25-15(28-14)27-8-3-1-2-7(4-8)11-9(5-20)12(22)23-13(26)10(11)6-21/h1-4H,(H3,22,23,26). The molecule has 0 aliphatic heterocycles. The molecule has 0 aliphatic rings. The number of nitrogens with zero attached hydrogens (tertiary/aromatic N) is 4. The first kappa shape index (κ1) is 18.9. The number of H-pyrrole nitrogens is 1. The molecule has 0 unspecified atom stereocenters. The van der Waals surface area contributed by atoms with Crippen LogP contribution in [0.15, 0.2) is 29.1 Å². The summed E-state index contributed by atoms with van der Waals surface area (Å²) in [6, 6.07) is 9.26. The van der Waals surface area contributed by atoms with Crippen LogP contribution >= 0.6 is 11.3 Å². The molecular weight excluding hydrogens is 397 g/mol. The molecule has 0 aliphatic carbocycles. The number of aromatic amines is 1. The van der Waals surface area contributed by atoms with Crippen LogP contribution in [-0.4, -0.2) is 15.2 Å². The van der Waals surface area contributed by atoms with Crippen molar-refractivity contribution in [2.45, 2.75) is 6.18 Å². The second kappa shape index (κ2) is 7.02. The molecule has 0 saturated carbocycles. The summed E-state index contributed by atoms with van der Waals surface area (Å²) in [5.41, 5.74) is 4.65. The summed E-state index contributed by atoms with van der Waals surface area (Å²) in [5, 5.41) is 23.4. The van der Waals surface area contributed by atoms with Crippen LogP contribution in [0.2, 0.25) is 0 Å². The van der Waals surface area contributed by atoms with Gasteiger partial charge in [-0.25, -0.2) is 0 Å². The molecule has 0 spiro atoms. The zero-order chi connectivity index (χ0) is 20.5. The minimum atomic E-state index is -4.65. The number of anilines is 1. The molecule has 28 heavy (non-hydrogen) atoms. The quantitative estimate of drug-likeness (QED) is 0.683. The van der Waals surface area contributed by atoms with Crippen LogP contribution in [-0.2, 0) is 6.18 Å². The number of hydrogen-bond acceptors (Lipinski definition) is 8. The fraction of sp³-hybridized carbons (Fsp3) is 0.0625. The first-order valence-corrected chi connectivity index (χ1v) is 8.11. The Hall–Kier alpha value is -3.90. The summed E-state index contributed by atoms with van der Waals surface area (Å²) >= 11 is 0.207. The number of halogens is 3. The Balaban J connectivity index is 2.06. The Morgan fingerprint density at radius 2 is 1.89 bits per heavy atom. The third-order valence-electron chi connectivity index (χ3n) is 3.45. The number of pyridine rings is 1. The molecule has 2 heterocycles. The van der Waals surface area contributed by atoms with E-state index >= 15 is 0 Å². The average Bonchev–Trinajstić information content (AvgIpc) is 3.10. The molecule has 12 heteroatoms. The van der Waals surface area contributed by atoms with Crippen LogP contribution in [0.1, 0.15) is 16.1 Å². The van der Waals surface area contributed by atoms with Crippen molar-refractivity contribution >= 4 is 17.2 Å². The maximum Gasteiger partial charge on any atom is 0.445 e. The van der Waals surface area contributed by atoms with E-state index in [2.05, 4.69) is 15.2 Å². The number of nitrogen functional groups attached to an aromatic ring is 1. The molecule has 0 bridgehead atoms. The van der Waals surface area contributed by atoms with Crippen molar-refractivity contribution in [1.82, 2.24) is 15.2 Å². The second-order valence-electron chi connectivity index (χ2n) is 5.22. The van der Waals surface area contributed by atoms with Gasteiger partial charge in [-0.15, -0.1) is 5.10 Å². The van der Waals surface area contributed by atoms with Crippen molar-refractivity contribution in [3.8, 4) is 34.2 Å². The molecular formula is C16H7F3N6O2S. The van der Waals surface area contributed by atoms with E-state index in [0.29, 0.717) is 0 Å². The van der Waals surface area contributed by atoms with E-state index in [1.807, 2.05) is 6.07 Å². The van der Waals surface area contributed by atoms with Gasteiger partial charge in [-0.2, -0.15) is 23.7 Å². The molecule has 0 fully saturated rings. The van der Waals surface area contributed by atoms with Gasteiger partial charge in [-0.3, -0.25) is 4.79 Å². The van der Waals surface area contributed by atoms with Gasteiger partial charge in [0.1, 0.15) is 34.8 Å². The van der Waals surface area contributed by atoms with Gasteiger partial charge < -0.3 is 15.5 Å². The van der Waals surface area contributed by atoms with Crippen LogP contribution in [0.25, 0.3) is 11.1 Å². The van der Waals surface area contributed by atoms with Gasteiger partial charge in [0.15, 0.2) is 0 Å². The lowest BCUT2D eigenvalue weighted by atomic mass is 9.96. The number of rotatable bonds is 3. The summed E-state index contributed by atoms with van der Waals surface area (Å²) < 4.78 is 43.1. The van der Waals surface area contributed by atoms with Gasteiger partial charge in [0.2, 0.25) is 5.01 Å². The molecule has 3 aromatic rings. The highest BCUT2D eigenvalue weighted by Crippen LogP contribution is 2.36. The highest BCUT2D eigenvalue weighted by molar-refractivity contribution is 7.13. The van der Waals surface area contributed by atoms with E-state index in [-0.39, 0.29) is 50.4 Å². The van der Waals surface area contributed by atoms with E-state index in [9.17, 15) is 28.5 Å². The lowest BCUT2D eigenvalue weighted by Gasteiger charge is -2.10. The highest BCUT2D eigenvalue weighted by atomic mass is 32.1. The summed E-state index contributed by atoms with van der Waals surface area (Å²) in [6.07, 6.45) is -4.65. The predicted molar refractivity (Wildman–Crippen MR) is 91.3 cm³/mol. The molecule has 2 aromatic heterocycles. The van der Waals surface area contributed by atoms with Crippen molar-refractivity contribution in [3.05, 3.63) is 50.8 Å². The monoisotopic (exact) mass is 404 g/mol. The third kappa shape index (κ3) is 3.49. The van der Waals surface area contributed by atoms with Crippen molar-refractivity contribution in [1.29, 1.82) is 10.5 Å². The van der Waals surface area contributed by atoms with Gasteiger partial charge in [0.05, 0.1) is 0 Å². The largest absolute Gasteiger partial charge is 0.445 e. The SMILES string of the molecule is N#Cc1c(N)[nH]c(=O)c(C#N)c1-c1cccc(Oc2nnc(C(F)(F)F)s2)c1. The van der Waals surface area contributed by atoms with Gasteiger partial charge in [-0.05, 0) is 17.7 Å². The van der Waals surface area contributed by atoms with E-state index < -0.39 is 16.7 Å². The van der Waals surface area contributed by atoms with Crippen molar-refractivity contribution < 1.29 is 17.9 Å². The fourth-order valence-electron chi connectivity index (χ4n) is 2.31. The van der Waals surface area contributed by atoms with Crippen LogP contribution in [0, 0.1) is 22.7 Å². The fourth-order valence-corrected chi connectivity index (χ4v) is 2.90. The highest BCUT2D eigenvalue weighted by Gasteiger charge is 2.36. The Kier molecular flexibility index (Phi) is 4.73. The minimum absolute atomic E-state index is 0.00931. The van der Waals surface area contributed by atoms with Gasteiger partial charge in [0.25, 0.3) is 10.8 Å². The topological polar surface area (TPSA) is 141 Å². The van der Waals surface area contributed by atoms with Gasteiger partial charge in [-0.1, -0.05) is 28.6 Å². The Morgan fingerprint density at radius 1 is 1.18 bits per heavy atom. The van der Waals surface area contributed by atoms with E-state index in [4.69, 9.17) is 10.5 Å². The van der Waals surface area contributed by atoms with Crippen LogP contribution in [0.3, 0.4) is 0 Å². The predicted octanol–water partition coefficient (Wildman–Crippen LogP) is 3.03. The maximum atomic E-state index is 12.6. The number of nitrogens with two attached hydrogens (primary N) is 1. The Bertz CT molecular complexity index is 1200. The van der Waals surface area contributed by atoms with Crippen molar-refractivity contribution in [2.24, 2.45) is 0 Å². The molecule has 0 radical (unpaired) electrons.